The molecule has 0 radical (unpaired) electrons. The number of nitrogens with one attached hydrogen (secondary N) is 1. The number of aryl methyl sites for hydroxylation is 1. The van der Waals surface area contributed by atoms with Crippen molar-refractivity contribution in [3.8, 4) is 22.2 Å². The lowest BCUT2D eigenvalue weighted by atomic mass is 9.77. The highest BCUT2D eigenvalue weighted by Gasteiger charge is 2.61. The Morgan fingerprint density at radius 2 is 1.80 bits per heavy atom. The number of ketones is 1. The number of hydrogen-bond donors (Lipinski definition) is 1. The lowest BCUT2D eigenvalue weighted by Gasteiger charge is -2.36. The molecule has 60 heavy (non-hydrogen) atoms. The van der Waals surface area contributed by atoms with Crippen LogP contribution in [-0.4, -0.2) is 95.8 Å². The molecule has 15 heteroatoms. The van der Waals surface area contributed by atoms with E-state index in [2.05, 4.69) is 25.1 Å². The number of thiazole rings is 1. The maximum atomic E-state index is 15.0. The Morgan fingerprint density at radius 1 is 1.08 bits per heavy atom. The van der Waals surface area contributed by atoms with E-state index in [0.717, 1.165) is 40.9 Å². The number of benzene rings is 1. The third-order valence-electron chi connectivity index (χ3n) is 12.9. The van der Waals surface area contributed by atoms with Gasteiger partial charge in [-0.2, -0.15) is 0 Å². The number of carbonyl (C=O) groups excluding carboxylic acids is 4. The van der Waals surface area contributed by atoms with Crippen molar-refractivity contribution in [1.82, 2.24) is 24.5 Å². The summed E-state index contributed by atoms with van der Waals surface area (Å²) < 4.78 is 40.6. The molecule has 2 saturated heterocycles. The molecule has 2 aliphatic carbocycles. The summed E-state index contributed by atoms with van der Waals surface area (Å²) >= 11 is 1.49. The number of methoxy groups -OCH3 is 1. The van der Waals surface area contributed by atoms with Crippen LogP contribution < -0.4 is 14.2 Å². The molecule has 13 nitrogen and oxygen atoms in total. The molecule has 2 aliphatic heterocycles. The van der Waals surface area contributed by atoms with E-state index < -0.39 is 56.0 Å². The summed E-state index contributed by atoms with van der Waals surface area (Å²) in [6, 6.07) is 4.61. The molecule has 3 aromatic rings. The Labute approximate surface area is 357 Å². The number of hydrogen-bond acceptors (Lipinski definition) is 11. The number of aromatic nitrogens is 2. The van der Waals surface area contributed by atoms with Gasteiger partial charge >= 0.3 is 0 Å². The second-order valence-corrected chi connectivity index (χ2v) is 21.4. The Balaban J connectivity index is 1.23. The van der Waals surface area contributed by atoms with Crippen LogP contribution in [0.25, 0.3) is 21.6 Å². The molecule has 0 spiro atoms. The van der Waals surface area contributed by atoms with Crippen LogP contribution in [0.4, 0.5) is 0 Å². The van der Waals surface area contributed by atoms with Crippen molar-refractivity contribution in [1.29, 1.82) is 0 Å². The van der Waals surface area contributed by atoms with Gasteiger partial charge in [0.05, 0.1) is 47.5 Å². The van der Waals surface area contributed by atoms with Gasteiger partial charge in [0, 0.05) is 54.7 Å². The average molecular weight is 862 g/mol. The lowest BCUT2D eigenvalue weighted by Crippen LogP contribution is -2.49. The number of piperidine rings is 1. The second kappa shape index (κ2) is 16.8. The molecule has 324 valence electrons. The molecule has 5 atom stereocenters. The molecule has 0 bridgehead atoms. The van der Waals surface area contributed by atoms with E-state index in [-0.39, 0.29) is 55.7 Å². The second-order valence-electron chi connectivity index (χ2n) is 18.6. The summed E-state index contributed by atoms with van der Waals surface area (Å²) in [5.74, 6) is -1.23. The largest absolute Gasteiger partial charge is 0.496 e. The maximum absolute atomic E-state index is 15.0. The van der Waals surface area contributed by atoms with Crippen LogP contribution in [-0.2, 0) is 29.2 Å². The molecule has 7 rings (SSSR count). The minimum atomic E-state index is -3.87. The number of Topliss-reactive ketones (excluding diaryl/α,β-unsaturated/α-hetero) is 1. The van der Waals surface area contributed by atoms with Crippen molar-refractivity contribution in [2.75, 3.05) is 26.7 Å². The molecule has 0 unspecified atom stereocenters. The van der Waals surface area contributed by atoms with Crippen LogP contribution in [0.5, 0.6) is 11.5 Å². The fourth-order valence-corrected chi connectivity index (χ4v) is 11.1. The van der Waals surface area contributed by atoms with Gasteiger partial charge in [0.25, 0.3) is 0 Å². The smallest absolute Gasteiger partial charge is 0.240 e. The standard InChI is InChI=1S/C45H59N5O8S2/c1-9-28-22-45(28,43(54)48-60(55,56)30-13-14-30)23-36(51)35-19-29(24-50(35)42(53)32(44(5,6)7)20-39(52)49-17-11-10-12-18-49)58-38-21-33(41-47-34(25-59-41)26(2)3)46-40-27(4)37(57-8)16-15-31(38)40/h9,15-16,21,25-26,28-30,32,35H,1,10-14,17-20,22-24H2,2-8H3,(H,48,54)/t28-,29-,32-,35+,45-/m1/s1. The number of ether oxygens (including phenoxy) is 2. The topological polar surface area (TPSA) is 165 Å². The van der Waals surface area contributed by atoms with E-state index in [0.29, 0.717) is 48.6 Å². The highest BCUT2D eigenvalue weighted by molar-refractivity contribution is 7.90. The van der Waals surface area contributed by atoms with Crippen LogP contribution in [0.3, 0.4) is 0 Å². The molecule has 2 saturated carbocycles. The third kappa shape index (κ3) is 8.84. The van der Waals surface area contributed by atoms with Gasteiger partial charge in [0.2, 0.25) is 27.7 Å². The van der Waals surface area contributed by atoms with Crippen LogP contribution in [0.15, 0.2) is 36.2 Å². The normalized spacial score (nSPS) is 23.7. The van der Waals surface area contributed by atoms with Gasteiger partial charge < -0.3 is 19.3 Å². The van der Waals surface area contributed by atoms with Gasteiger partial charge in [-0.25, -0.2) is 18.4 Å². The van der Waals surface area contributed by atoms with Gasteiger partial charge in [-0.3, -0.25) is 23.9 Å². The zero-order chi connectivity index (χ0) is 43.3. The number of pyridine rings is 1. The first-order chi connectivity index (χ1) is 28.4. The number of rotatable bonds is 15. The summed E-state index contributed by atoms with van der Waals surface area (Å²) in [5.41, 5.74) is 1.13. The predicted molar refractivity (Wildman–Crippen MR) is 231 cm³/mol. The van der Waals surface area contributed by atoms with E-state index in [1.54, 1.807) is 18.1 Å². The van der Waals surface area contributed by atoms with Crippen molar-refractivity contribution in [3.63, 3.8) is 0 Å². The Bertz CT molecular complexity index is 2290. The number of amides is 3. The zero-order valence-corrected chi connectivity index (χ0v) is 37.5. The van der Waals surface area contributed by atoms with Crippen LogP contribution in [0, 0.1) is 29.6 Å². The van der Waals surface area contributed by atoms with Crippen molar-refractivity contribution < 1.29 is 37.1 Å². The lowest BCUT2D eigenvalue weighted by molar-refractivity contribution is -0.148. The van der Waals surface area contributed by atoms with Gasteiger partial charge in [-0.15, -0.1) is 17.9 Å². The molecule has 3 amide bonds. The van der Waals surface area contributed by atoms with Gasteiger partial charge in [0.1, 0.15) is 28.3 Å². The monoisotopic (exact) mass is 861 g/mol. The van der Waals surface area contributed by atoms with Crippen molar-refractivity contribution in [2.24, 2.45) is 22.7 Å². The summed E-state index contributed by atoms with van der Waals surface area (Å²) in [7, 11) is -2.26. The highest BCUT2D eigenvalue weighted by atomic mass is 32.2. The number of fused-ring (bicyclic) bond motifs is 1. The van der Waals surface area contributed by atoms with E-state index in [9.17, 15) is 27.6 Å². The SMILES string of the molecule is C=C[C@@H]1C[C@]1(CC(=O)[C@@H]1C[C@@H](Oc2cc(-c3nc(C(C)C)cs3)nc3c(C)c(OC)ccc23)CN1C(=O)[C@@H](CC(=O)N1CCCCC1)C(C)(C)C)C(=O)NS(=O)(=O)C1CC1. The van der Waals surface area contributed by atoms with E-state index >= 15 is 0 Å². The molecule has 2 aromatic heterocycles. The number of nitrogens with zero attached hydrogens (tertiary/aromatic N) is 4. The van der Waals surface area contributed by atoms with Crippen molar-refractivity contribution in [2.45, 2.75) is 123 Å². The van der Waals surface area contributed by atoms with E-state index in [1.807, 2.05) is 56.2 Å². The first-order valence-electron chi connectivity index (χ1n) is 21.3. The molecule has 1 N–H and O–H groups in total. The first-order valence-corrected chi connectivity index (χ1v) is 23.7. The first kappa shape index (κ1) is 43.7. The van der Waals surface area contributed by atoms with E-state index in [4.69, 9.17) is 19.4 Å². The minimum absolute atomic E-state index is 0.000810. The maximum Gasteiger partial charge on any atom is 0.240 e. The fraction of sp³-hybridized carbons (Fsp3) is 0.600. The summed E-state index contributed by atoms with van der Waals surface area (Å²) in [5, 5.41) is 2.86. The van der Waals surface area contributed by atoms with Crippen LogP contribution >= 0.6 is 11.3 Å². The number of carbonyl (C=O) groups is 4. The molecule has 4 fully saturated rings. The third-order valence-corrected chi connectivity index (χ3v) is 15.6. The average Bonchev–Trinajstić information content (AvgIpc) is 4.09. The van der Waals surface area contributed by atoms with Crippen LogP contribution in [0.1, 0.15) is 110 Å². The van der Waals surface area contributed by atoms with Gasteiger partial charge in [-0.05, 0) is 74.8 Å². The minimum Gasteiger partial charge on any atom is -0.496 e. The Morgan fingerprint density at radius 3 is 2.40 bits per heavy atom. The predicted octanol–water partition coefficient (Wildman–Crippen LogP) is 6.97. The Kier molecular flexibility index (Phi) is 12.3. The fourth-order valence-electron chi connectivity index (χ4n) is 8.81. The van der Waals surface area contributed by atoms with Gasteiger partial charge in [0.15, 0.2) is 5.78 Å². The molecule has 4 heterocycles. The molecular formula is C45H59N5O8S2. The van der Waals surface area contributed by atoms with Crippen molar-refractivity contribution >= 4 is 55.8 Å². The summed E-state index contributed by atoms with van der Waals surface area (Å²) in [4.78, 5) is 70.5. The number of allylic oxidation sites excluding steroid dienone is 1. The summed E-state index contributed by atoms with van der Waals surface area (Å²) in [6.07, 6.45) is 4.94. The number of likely N-dealkylation sites (tertiary alicyclic amines) is 2. The Hall–Kier alpha value is -4.37. The highest BCUT2D eigenvalue weighted by Crippen LogP contribution is 2.57. The zero-order valence-electron chi connectivity index (χ0n) is 35.9. The molecule has 4 aliphatic rings. The molecular weight excluding hydrogens is 803 g/mol. The molecule has 1 aromatic carbocycles. The van der Waals surface area contributed by atoms with E-state index in [1.165, 1.54) is 11.3 Å². The van der Waals surface area contributed by atoms with Crippen LogP contribution in [0.2, 0.25) is 0 Å². The summed E-state index contributed by atoms with van der Waals surface area (Å²) in [6.45, 7) is 17.1. The van der Waals surface area contributed by atoms with Crippen molar-refractivity contribution in [3.05, 3.63) is 47.5 Å². The van der Waals surface area contributed by atoms with Gasteiger partial charge in [-0.1, -0.05) is 40.7 Å². The quantitative estimate of drug-likeness (QED) is 0.158. The number of sulfonamides is 1.